The third-order valence-electron chi connectivity index (χ3n) is 4.08. The average molecular weight is 363 g/mol. The quantitative estimate of drug-likeness (QED) is 0.634. The summed E-state index contributed by atoms with van der Waals surface area (Å²) in [4.78, 5) is 24.4. The topological polar surface area (TPSA) is 72.4 Å². The van der Waals surface area contributed by atoms with Crippen LogP contribution in [-0.2, 0) is 0 Å². The lowest BCUT2D eigenvalue weighted by atomic mass is 10.2. The number of carbonyl (C=O) groups excluding carboxylic acids is 2. The van der Waals surface area contributed by atoms with Crippen molar-refractivity contribution in [3.63, 3.8) is 0 Å². The van der Waals surface area contributed by atoms with Crippen molar-refractivity contribution >= 4 is 11.8 Å². The number of nitrogens with one attached hydrogen (secondary N) is 2. The van der Waals surface area contributed by atoms with Crippen molar-refractivity contribution in [3.05, 3.63) is 84.2 Å². The van der Waals surface area contributed by atoms with E-state index in [1.807, 2.05) is 41.2 Å². The first-order valence-corrected chi connectivity index (χ1v) is 8.62. The van der Waals surface area contributed by atoms with Gasteiger partial charge in [-0.3, -0.25) is 9.59 Å². The number of carbonyl (C=O) groups is 2. The number of benzene rings is 2. The molecule has 0 aliphatic carbocycles. The van der Waals surface area contributed by atoms with E-state index in [0.29, 0.717) is 30.0 Å². The van der Waals surface area contributed by atoms with Crippen LogP contribution in [0.25, 0.3) is 5.69 Å². The minimum atomic E-state index is -0.238. The van der Waals surface area contributed by atoms with E-state index in [1.165, 1.54) is 7.11 Å². The van der Waals surface area contributed by atoms with Gasteiger partial charge >= 0.3 is 0 Å². The third-order valence-corrected chi connectivity index (χ3v) is 4.08. The molecular weight excluding hydrogens is 342 g/mol. The van der Waals surface area contributed by atoms with E-state index in [-0.39, 0.29) is 11.8 Å². The highest BCUT2D eigenvalue weighted by atomic mass is 16.5. The Hall–Kier alpha value is -3.54. The number of rotatable bonds is 7. The first-order chi connectivity index (χ1) is 13.2. The molecule has 6 heteroatoms. The number of methoxy groups -OCH3 is 1. The maximum Gasteiger partial charge on any atom is 0.255 e. The van der Waals surface area contributed by atoms with Gasteiger partial charge < -0.3 is 19.9 Å². The summed E-state index contributed by atoms with van der Waals surface area (Å²) in [5, 5.41) is 5.57. The molecule has 0 aliphatic rings. The number of ether oxygens (including phenoxy) is 1. The standard InChI is InChI=1S/C21H21N3O3/c1-27-19-7-3-2-6-18(19)21(26)23-13-12-22-20(25)16-8-10-17(11-9-16)24-14-4-5-15-24/h2-11,14-15H,12-13H2,1H3,(H,22,25)(H,23,26). The highest BCUT2D eigenvalue weighted by molar-refractivity contribution is 5.97. The van der Waals surface area contributed by atoms with Crippen LogP contribution < -0.4 is 15.4 Å². The van der Waals surface area contributed by atoms with Gasteiger partial charge in [0.2, 0.25) is 0 Å². The average Bonchev–Trinajstić information content (AvgIpc) is 3.26. The molecule has 0 saturated carbocycles. The maximum atomic E-state index is 12.2. The summed E-state index contributed by atoms with van der Waals surface area (Å²) in [7, 11) is 1.52. The van der Waals surface area contributed by atoms with E-state index in [9.17, 15) is 9.59 Å². The monoisotopic (exact) mass is 363 g/mol. The first-order valence-electron chi connectivity index (χ1n) is 8.62. The Bertz CT molecular complexity index is 903. The lowest BCUT2D eigenvalue weighted by Gasteiger charge is -2.10. The smallest absolute Gasteiger partial charge is 0.255 e. The molecular formula is C21H21N3O3. The fraction of sp³-hybridized carbons (Fsp3) is 0.143. The van der Waals surface area contributed by atoms with Crippen LogP contribution in [0.4, 0.5) is 0 Å². The molecule has 1 heterocycles. The van der Waals surface area contributed by atoms with Gasteiger partial charge in [-0.1, -0.05) is 12.1 Å². The van der Waals surface area contributed by atoms with E-state index in [1.54, 1.807) is 36.4 Å². The largest absolute Gasteiger partial charge is 0.496 e. The van der Waals surface area contributed by atoms with Crippen molar-refractivity contribution in [2.75, 3.05) is 20.2 Å². The number of hydrogen-bond acceptors (Lipinski definition) is 3. The summed E-state index contributed by atoms with van der Waals surface area (Å²) < 4.78 is 7.14. The molecule has 0 atom stereocenters. The van der Waals surface area contributed by atoms with Gasteiger partial charge in [-0.15, -0.1) is 0 Å². The second kappa shape index (κ2) is 8.71. The van der Waals surface area contributed by atoms with Crippen LogP contribution in [0.3, 0.4) is 0 Å². The van der Waals surface area contributed by atoms with Crippen LogP contribution in [0.1, 0.15) is 20.7 Å². The van der Waals surface area contributed by atoms with Gasteiger partial charge in [-0.05, 0) is 48.5 Å². The van der Waals surface area contributed by atoms with Crippen LogP contribution in [0.15, 0.2) is 73.1 Å². The van der Waals surface area contributed by atoms with Gasteiger partial charge in [0, 0.05) is 36.7 Å². The van der Waals surface area contributed by atoms with E-state index in [4.69, 9.17) is 4.74 Å². The number of aromatic nitrogens is 1. The van der Waals surface area contributed by atoms with Crippen LogP contribution >= 0.6 is 0 Å². The first kappa shape index (κ1) is 18.3. The molecule has 0 spiro atoms. The SMILES string of the molecule is COc1ccccc1C(=O)NCCNC(=O)c1ccc(-n2cccc2)cc1. The molecule has 0 radical (unpaired) electrons. The molecule has 27 heavy (non-hydrogen) atoms. The highest BCUT2D eigenvalue weighted by Gasteiger charge is 2.11. The molecule has 3 rings (SSSR count). The molecule has 2 amide bonds. The minimum absolute atomic E-state index is 0.180. The summed E-state index contributed by atoms with van der Waals surface area (Å²) >= 11 is 0. The second-order valence-corrected chi connectivity index (χ2v) is 5.85. The van der Waals surface area contributed by atoms with E-state index < -0.39 is 0 Å². The van der Waals surface area contributed by atoms with E-state index >= 15 is 0 Å². The summed E-state index contributed by atoms with van der Waals surface area (Å²) in [6, 6.07) is 18.2. The molecule has 2 aromatic carbocycles. The molecule has 138 valence electrons. The number of hydrogen-bond donors (Lipinski definition) is 2. The Morgan fingerprint density at radius 3 is 2.15 bits per heavy atom. The van der Waals surface area contributed by atoms with Crippen molar-refractivity contribution in [1.29, 1.82) is 0 Å². The Morgan fingerprint density at radius 2 is 1.48 bits per heavy atom. The zero-order valence-electron chi connectivity index (χ0n) is 15.0. The molecule has 0 aliphatic heterocycles. The fourth-order valence-corrected chi connectivity index (χ4v) is 2.67. The van der Waals surface area contributed by atoms with E-state index in [2.05, 4.69) is 10.6 Å². The fourth-order valence-electron chi connectivity index (χ4n) is 2.67. The summed E-state index contributed by atoms with van der Waals surface area (Å²) in [5.41, 5.74) is 2.02. The number of nitrogens with zero attached hydrogens (tertiary/aromatic N) is 1. The van der Waals surface area contributed by atoms with Crippen LogP contribution in [-0.4, -0.2) is 36.6 Å². The predicted molar refractivity (Wildman–Crippen MR) is 103 cm³/mol. The lowest BCUT2D eigenvalue weighted by Crippen LogP contribution is -2.34. The van der Waals surface area contributed by atoms with Gasteiger partial charge in [-0.25, -0.2) is 0 Å². The summed E-state index contributed by atoms with van der Waals surface area (Å²) in [6.45, 7) is 0.656. The Balaban J connectivity index is 1.47. The van der Waals surface area contributed by atoms with Gasteiger partial charge in [0.1, 0.15) is 5.75 Å². The highest BCUT2D eigenvalue weighted by Crippen LogP contribution is 2.16. The summed E-state index contributed by atoms with van der Waals surface area (Å²) in [5.74, 6) is 0.0974. The molecule has 2 N–H and O–H groups in total. The van der Waals surface area contributed by atoms with Crippen LogP contribution in [0.2, 0.25) is 0 Å². The third kappa shape index (κ3) is 4.55. The molecule has 0 saturated heterocycles. The maximum absolute atomic E-state index is 12.2. The van der Waals surface area contributed by atoms with Gasteiger partial charge in [0.15, 0.2) is 0 Å². The molecule has 3 aromatic rings. The van der Waals surface area contributed by atoms with Crippen molar-refractivity contribution in [3.8, 4) is 11.4 Å². The number of amides is 2. The van der Waals surface area contributed by atoms with Crippen molar-refractivity contribution in [2.45, 2.75) is 0 Å². The van der Waals surface area contributed by atoms with Crippen molar-refractivity contribution < 1.29 is 14.3 Å². The van der Waals surface area contributed by atoms with Crippen molar-refractivity contribution in [2.24, 2.45) is 0 Å². The van der Waals surface area contributed by atoms with Crippen LogP contribution in [0.5, 0.6) is 5.75 Å². The molecule has 0 unspecified atom stereocenters. The molecule has 1 aromatic heterocycles. The lowest BCUT2D eigenvalue weighted by molar-refractivity contribution is 0.0926. The Kier molecular flexibility index (Phi) is 5.89. The predicted octanol–water partition coefficient (Wildman–Crippen LogP) is 2.65. The molecule has 0 fully saturated rings. The zero-order valence-corrected chi connectivity index (χ0v) is 15.0. The molecule has 6 nitrogen and oxygen atoms in total. The normalized spacial score (nSPS) is 10.3. The van der Waals surface area contributed by atoms with Crippen molar-refractivity contribution in [1.82, 2.24) is 15.2 Å². The molecule has 0 bridgehead atoms. The number of para-hydroxylation sites is 1. The van der Waals surface area contributed by atoms with Gasteiger partial charge in [-0.2, -0.15) is 0 Å². The minimum Gasteiger partial charge on any atom is -0.496 e. The van der Waals surface area contributed by atoms with Gasteiger partial charge in [0.05, 0.1) is 12.7 Å². The van der Waals surface area contributed by atoms with Gasteiger partial charge in [0.25, 0.3) is 11.8 Å². The second-order valence-electron chi connectivity index (χ2n) is 5.85. The zero-order chi connectivity index (χ0) is 19.1. The van der Waals surface area contributed by atoms with E-state index in [0.717, 1.165) is 5.69 Å². The Labute approximate surface area is 157 Å². The Morgan fingerprint density at radius 1 is 0.852 bits per heavy atom. The summed E-state index contributed by atoms with van der Waals surface area (Å²) in [6.07, 6.45) is 3.89. The van der Waals surface area contributed by atoms with Crippen LogP contribution in [0, 0.1) is 0 Å².